The number of hydrogen-bond acceptors (Lipinski definition) is 3. The number of aliphatic imine (C=N–C) groups is 1. The van der Waals surface area contributed by atoms with Crippen molar-refractivity contribution in [3.8, 4) is 0 Å². The van der Waals surface area contributed by atoms with Gasteiger partial charge in [0.05, 0.1) is 0 Å². The number of halogens is 1. The lowest BCUT2D eigenvalue weighted by molar-refractivity contribution is 0.0908. The lowest BCUT2D eigenvalue weighted by atomic mass is 9.96. The van der Waals surface area contributed by atoms with Crippen LogP contribution in [0, 0.1) is 0 Å². The van der Waals surface area contributed by atoms with Crippen molar-refractivity contribution in [2.24, 2.45) is 4.99 Å². The molecular weight excluding hydrogens is 306 g/mol. The Morgan fingerprint density at radius 2 is 2.16 bits per heavy atom. The Morgan fingerprint density at radius 1 is 1.37 bits per heavy atom. The molecule has 0 fully saturated rings. The molecule has 1 aromatic carbocycles. The summed E-state index contributed by atoms with van der Waals surface area (Å²) in [5, 5.41) is 0.906. The van der Waals surface area contributed by atoms with Gasteiger partial charge in [-0.05, 0) is 50.3 Å². The quantitative estimate of drug-likeness (QED) is 0.780. The Labute approximate surface area is 119 Å². The molecule has 1 unspecified atom stereocenters. The van der Waals surface area contributed by atoms with E-state index in [0.29, 0.717) is 11.3 Å². The number of fused-ring (bicyclic) bond motifs is 1. The van der Waals surface area contributed by atoms with Gasteiger partial charge in [-0.2, -0.15) is 0 Å². The van der Waals surface area contributed by atoms with Crippen LogP contribution in [0.25, 0.3) is 11.0 Å². The Morgan fingerprint density at radius 3 is 2.84 bits per heavy atom. The fraction of sp³-hybridized carbons (Fsp3) is 0.200. The van der Waals surface area contributed by atoms with Gasteiger partial charge in [0.15, 0.2) is 5.76 Å². The number of nitrogens with zero attached hydrogens (tertiary/aromatic N) is 1. The zero-order chi connectivity index (χ0) is 13.6. The largest absolute Gasteiger partial charge is 0.453 e. The Hall–Kier alpha value is -1.68. The normalized spacial score (nSPS) is 21.9. The predicted molar refractivity (Wildman–Crippen MR) is 78.9 cm³/mol. The zero-order valence-electron chi connectivity index (χ0n) is 10.6. The minimum absolute atomic E-state index is 0.118. The minimum atomic E-state index is -0.838. The van der Waals surface area contributed by atoms with Crippen molar-refractivity contribution in [1.29, 1.82) is 0 Å². The molecule has 0 saturated carbocycles. The molecule has 0 N–H and O–H groups in total. The van der Waals surface area contributed by atoms with Crippen LogP contribution in [-0.2, 0) is 0 Å². The van der Waals surface area contributed by atoms with Crippen LogP contribution < -0.4 is 0 Å². The second-order valence-corrected chi connectivity index (χ2v) is 5.77. The summed E-state index contributed by atoms with van der Waals surface area (Å²) in [6, 6.07) is 7.43. The van der Waals surface area contributed by atoms with E-state index in [-0.39, 0.29) is 5.78 Å². The highest BCUT2D eigenvalue weighted by Gasteiger charge is 2.35. The zero-order valence-corrected chi connectivity index (χ0v) is 12.2. The lowest BCUT2D eigenvalue weighted by Crippen LogP contribution is -2.29. The number of carbonyl (C=O) groups excluding carboxylic acids is 1. The first-order valence-electron chi connectivity index (χ1n) is 5.97. The first kappa shape index (κ1) is 12.4. The predicted octanol–water partition coefficient (Wildman–Crippen LogP) is 4.17. The van der Waals surface area contributed by atoms with Crippen molar-refractivity contribution < 1.29 is 9.21 Å². The number of allylic oxidation sites excluding steroid dienone is 1. The van der Waals surface area contributed by atoms with Crippen molar-refractivity contribution in [2.45, 2.75) is 19.4 Å². The molecule has 3 rings (SSSR count). The van der Waals surface area contributed by atoms with Crippen LogP contribution in [0.5, 0.6) is 0 Å². The molecule has 1 aliphatic heterocycles. The molecule has 2 aromatic rings. The second-order valence-electron chi connectivity index (χ2n) is 4.86. The molecule has 0 saturated heterocycles. The summed E-state index contributed by atoms with van der Waals surface area (Å²) in [7, 11) is 0. The van der Waals surface area contributed by atoms with E-state index in [4.69, 9.17) is 4.42 Å². The third-order valence-corrected chi connectivity index (χ3v) is 3.71. The third-order valence-electron chi connectivity index (χ3n) is 3.22. The number of Topliss-reactive ketones (excluding diaryl/α,β-unsaturated/α-hetero) is 1. The molecule has 2 heterocycles. The molecule has 1 aliphatic rings. The summed E-state index contributed by atoms with van der Waals surface area (Å²) in [4.78, 5) is 16.9. The molecule has 3 nitrogen and oxygen atoms in total. The van der Waals surface area contributed by atoms with Crippen LogP contribution >= 0.6 is 15.9 Å². The second kappa shape index (κ2) is 4.17. The SMILES string of the molecule is CC1=NC(C)(C(=O)c2cc3cc(Br)ccc3o2)C=C1. The van der Waals surface area contributed by atoms with Gasteiger partial charge in [0.2, 0.25) is 5.78 Å². The van der Waals surface area contributed by atoms with Gasteiger partial charge in [-0.25, -0.2) is 0 Å². The molecule has 0 amide bonds. The average molecular weight is 318 g/mol. The molecule has 96 valence electrons. The van der Waals surface area contributed by atoms with Crippen molar-refractivity contribution in [1.82, 2.24) is 0 Å². The number of benzene rings is 1. The van der Waals surface area contributed by atoms with Crippen LogP contribution in [0.2, 0.25) is 0 Å². The lowest BCUT2D eigenvalue weighted by Gasteiger charge is -2.14. The summed E-state index contributed by atoms with van der Waals surface area (Å²) in [5.74, 6) is 0.228. The standard InChI is InChI=1S/C15H12BrNO2/c1-9-5-6-15(2,17-9)14(18)13-8-10-7-11(16)3-4-12(10)19-13/h3-8H,1-2H3. The van der Waals surface area contributed by atoms with Gasteiger partial charge < -0.3 is 4.42 Å². The summed E-state index contributed by atoms with van der Waals surface area (Å²) >= 11 is 3.40. The van der Waals surface area contributed by atoms with Gasteiger partial charge in [-0.3, -0.25) is 9.79 Å². The monoisotopic (exact) mass is 317 g/mol. The van der Waals surface area contributed by atoms with Crippen molar-refractivity contribution in [3.63, 3.8) is 0 Å². The van der Waals surface area contributed by atoms with E-state index < -0.39 is 5.54 Å². The Kier molecular flexibility index (Phi) is 2.71. The molecule has 4 heteroatoms. The van der Waals surface area contributed by atoms with Gasteiger partial charge in [0.1, 0.15) is 11.1 Å². The first-order chi connectivity index (χ1) is 8.98. The number of carbonyl (C=O) groups is 1. The van der Waals surface area contributed by atoms with Crippen LogP contribution in [0.1, 0.15) is 24.4 Å². The molecule has 0 spiro atoms. The van der Waals surface area contributed by atoms with E-state index in [2.05, 4.69) is 20.9 Å². The molecule has 0 bridgehead atoms. The molecule has 0 radical (unpaired) electrons. The van der Waals surface area contributed by atoms with Crippen molar-refractivity contribution in [2.75, 3.05) is 0 Å². The van der Waals surface area contributed by atoms with Gasteiger partial charge >= 0.3 is 0 Å². The Balaban J connectivity index is 2.05. The van der Waals surface area contributed by atoms with Crippen molar-refractivity contribution in [3.05, 3.63) is 46.7 Å². The smallest absolute Gasteiger partial charge is 0.229 e. The highest BCUT2D eigenvalue weighted by molar-refractivity contribution is 9.10. The van der Waals surface area contributed by atoms with Crippen LogP contribution in [0.4, 0.5) is 0 Å². The fourth-order valence-corrected chi connectivity index (χ4v) is 2.60. The molecular formula is C15H12BrNO2. The van der Waals surface area contributed by atoms with Crippen LogP contribution in [0.3, 0.4) is 0 Å². The van der Waals surface area contributed by atoms with Gasteiger partial charge in [0, 0.05) is 15.6 Å². The summed E-state index contributed by atoms with van der Waals surface area (Å²) < 4.78 is 6.58. The summed E-state index contributed by atoms with van der Waals surface area (Å²) in [6.45, 7) is 3.68. The van der Waals surface area contributed by atoms with Gasteiger partial charge in [0.25, 0.3) is 0 Å². The highest BCUT2D eigenvalue weighted by Crippen LogP contribution is 2.29. The maximum absolute atomic E-state index is 12.5. The highest BCUT2D eigenvalue weighted by atomic mass is 79.9. The molecule has 1 atom stereocenters. The minimum Gasteiger partial charge on any atom is -0.453 e. The van der Waals surface area contributed by atoms with E-state index >= 15 is 0 Å². The summed E-state index contributed by atoms with van der Waals surface area (Å²) in [5.41, 5.74) is 0.724. The van der Waals surface area contributed by atoms with E-state index in [9.17, 15) is 4.79 Å². The average Bonchev–Trinajstić information content (AvgIpc) is 2.92. The Bertz CT molecular complexity index is 742. The molecule has 19 heavy (non-hydrogen) atoms. The van der Waals surface area contributed by atoms with E-state index in [1.165, 1.54) is 0 Å². The van der Waals surface area contributed by atoms with Gasteiger partial charge in [-0.15, -0.1) is 0 Å². The topological polar surface area (TPSA) is 42.6 Å². The van der Waals surface area contributed by atoms with Crippen molar-refractivity contribution >= 4 is 38.4 Å². The number of rotatable bonds is 2. The third kappa shape index (κ3) is 2.06. The number of ketones is 1. The van der Waals surface area contributed by atoms with Gasteiger partial charge in [-0.1, -0.05) is 15.9 Å². The first-order valence-corrected chi connectivity index (χ1v) is 6.77. The van der Waals surface area contributed by atoms with E-state index in [1.807, 2.05) is 37.3 Å². The van der Waals surface area contributed by atoms with E-state index in [1.54, 1.807) is 13.0 Å². The number of furan rings is 1. The maximum Gasteiger partial charge on any atom is 0.229 e. The molecule has 1 aromatic heterocycles. The van der Waals surface area contributed by atoms with Crippen LogP contribution in [0.15, 0.2) is 50.3 Å². The number of hydrogen-bond donors (Lipinski definition) is 0. The maximum atomic E-state index is 12.5. The fourth-order valence-electron chi connectivity index (χ4n) is 2.23. The molecule has 0 aliphatic carbocycles. The van der Waals surface area contributed by atoms with E-state index in [0.717, 1.165) is 15.6 Å². The van der Waals surface area contributed by atoms with Crippen LogP contribution in [-0.4, -0.2) is 17.0 Å². The summed E-state index contributed by atoms with van der Waals surface area (Å²) in [6.07, 6.45) is 3.67.